The minimum absolute atomic E-state index is 0.126. The van der Waals surface area contributed by atoms with E-state index in [4.69, 9.17) is 0 Å². The molecule has 3 rings (SSSR count). The van der Waals surface area contributed by atoms with Crippen molar-refractivity contribution >= 4 is 11.7 Å². The fourth-order valence-electron chi connectivity index (χ4n) is 2.22. The smallest absolute Gasteiger partial charge is 0.228 e. The lowest BCUT2D eigenvalue weighted by molar-refractivity contribution is -0.122. The van der Waals surface area contributed by atoms with E-state index in [0.717, 1.165) is 18.7 Å². The molecule has 1 aromatic heterocycles. The summed E-state index contributed by atoms with van der Waals surface area (Å²) in [5.41, 5.74) is 1.17. The normalized spacial score (nSPS) is 14.9. The van der Waals surface area contributed by atoms with Gasteiger partial charge in [0.1, 0.15) is 5.82 Å². The molecular formula is C15H17N3O. The summed E-state index contributed by atoms with van der Waals surface area (Å²) in [5, 5.41) is 7.24. The summed E-state index contributed by atoms with van der Waals surface area (Å²) in [6.45, 7) is 0.675. The Hall–Kier alpha value is -2.10. The molecule has 1 aliphatic carbocycles. The summed E-state index contributed by atoms with van der Waals surface area (Å²) in [7, 11) is 0. The zero-order valence-corrected chi connectivity index (χ0v) is 10.7. The molecule has 1 heterocycles. The zero-order valence-electron chi connectivity index (χ0n) is 10.7. The van der Waals surface area contributed by atoms with Crippen LogP contribution in [0, 0.1) is 5.92 Å². The molecule has 0 spiro atoms. The molecule has 2 aromatic rings. The number of hydrogen-bond acceptors (Lipinski definition) is 2. The van der Waals surface area contributed by atoms with Gasteiger partial charge in [-0.05, 0) is 18.4 Å². The molecular weight excluding hydrogens is 238 g/mol. The molecule has 4 nitrogen and oxygen atoms in total. The lowest BCUT2D eigenvalue weighted by Crippen LogP contribution is -2.29. The molecule has 1 aromatic carbocycles. The summed E-state index contributed by atoms with van der Waals surface area (Å²) in [5.74, 6) is 1.10. The molecule has 0 aliphatic heterocycles. The first-order valence-electron chi connectivity index (χ1n) is 6.69. The molecule has 1 fully saturated rings. The van der Waals surface area contributed by atoms with Crippen LogP contribution in [0.2, 0.25) is 0 Å². The maximum atomic E-state index is 11.9. The van der Waals surface area contributed by atoms with Crippen molar-refractivity contribution in [3.8, 4) is 0 Å². The number of amides is 1. The van der Waals surface area contributed by atoms with Crippen molar-refractivity contribution in [1.29, 1.82) is 0 Å². The minimum Gasteiger partial charge on any atom is -0.311 e. The third kappa shape index (κ3) is 2.67. The highest BCUT2D eigenvalue weighted by Crippen LogP contribution is 2.27. The highest BCUT2D eigenvalue weighted by molar-refractivity contribution is 5.92. The molecule has 19 heavy (non-hydrogen) atoms. The van der Waals surface area contributed by atoms with Crippen molar-refractivity contribution in [2.24, 2.45) is 5.92 Å². The molecule has 0 radical (unpaired) electrons. The molecule has 0 bridgehead atoms. The van der Waals surface area contributed by atoms with E-state index in [9.17, 15) is 4.79 Å². The van der Waals surface area contributed by atoms with E-state index in [1.54, 1.807) is 6.20 Å². The molecule has 1 aliphatic rings. The predicted octanol–water partition coefficient (Wildman–Crippen LogP) is 2.67. The van der Waals surface area contributed by atoms with Crippen molar-refractivity contribution in [2.45, 2.75) is 25.8 Å². The number of hydrogen-bond donors (Lipinski definition) is 1. The Labute approximate surface area is 112 Å². The lowest BCUT2D eigenvalue weighted by atomic mass is 9.85. The summed E-state index contributed by atoms with van der Waals surface area (Å²) in [6.07, 6.45) is 4.91. The van der Waals surface area contributed by atoms with Crippen LogP contribution in [-0.2, 0) is 11.3 Å². The highest BCUT2D eigenvalue weighted by Gasteiger charge is 2.25. The summed E-state index contributed by atoms with van der Waals surface area (Å²) in [4.78, 5) is 11.9. The third-order valence-electron chi connectivity index (χ3n) is 3.62. The Morgan fingerprint density at radius 1 is 1.26 bits per heavy atom. The average molecular weight is 255 g/mol. The Balaban J connectivity index is 1.69. The summed E-state index contributed by atoms with van der Waals surface area (Å²) in [6, 6.07) is 12.0. The maximum Gasteiger partial charge on any atom is 0.228 e. The van der Waals surface area contributed by atoms with Gasteiger partial charge in [0.25, 0.3) is 0 Å². The predicted molar refractivity (Wildman–Crippen MR) is 73.7 cm³/mol. The Morgan fingerprint density at radius 3 is 2.74 bits per heavy atom. The average Bonchev–Trinajstić information content (AvgIpc) is 2.75. The van der Waals surface area contributed by atoms with Crippen LogP contribution in [0.4, 0.5) is 5.82 Å². The van der Waals surface area contributed by atoms with E-state index >= 15 is 0 Å². The van der Waals surface area contributed by atoms with Crippen LogP contribution in [-0.4, -0.2) is 15.7 Å². The van der Waals surface area contributed by atoms with Crippen LogP contribution < -0.4 is 5.32 Å². The van der Waals surface area contributed by atoms with E-state index in [1.165, 1.54) is 12.0 Å². The largest absolute Gasteiger partial charge is 0.311 e. The van der Waals surface area contributed by atoms with Gasteiger partial charge in [0.2, 0.25) is 5.91 Å². The van der Waals surface area contributed by atoms with E-state index in [2.05, 4.69) is 22.5 Å². The van der Waals surface area contributed by atoms with Gasteiger partial charge in [-0.2, -0.15) is 5.10 Å². The van der Waals surface area contributed by atoms with E-state index in [0.29, 0.717) is 6.54 Å². The first-order valence-corrected chi connectivity index (χ1v) is 6.69. The molecule has 0 unspecified atom stereocenters. The summed E-state index contributed by atoms with van der Waals surface area (Å²) < 4.78 is 1.83. The van der Waals surface area contributed by atoms with Gasteiger partial charge in [-0.1, -0.05) is 36.8 Å². The molecule has 1 N–H and O–H groups in total. The van der Waals surface area contributed by atoms with Gasteiger partial charge in [0.05, 0.1) is 12.7 Å². The van der Waals surface area contributed by atoms with Crippen LogP contribution >= 0.6 is 0 Å². The molecule has 1 amide bonds. The van der Waals surface area contributed by atoms with Crippen LogP contribution in [0.5, 0.6) is 0 Å². The van der Waals surface area contributed by atoms with Crippen LogP contribution in [0.1, 0.15) is 24.8 Å². The highest BCUT2D eigenvalue weighted by atomic mass is 16.2. The van der Waals surface area contributed by atoms with Crippen molar-refractivity contribution in [1.82, 2.24) is 9.78 Å². The monoisotopic (exact) mass is 255 g/mol. The number of carbonyl (C=O) groups excluding carboxylic acids is 1. The Morgan fingerprint density at radius 2 is 2.05 bits per heavy atom. The molecule has 0 atom stereocenters. The van der Waals surface area contributed by atoms with Gasteiger partial charge >= 0.3 is 0 Å². The van der Waals surface area contributed by atoms with Crippen LogP contribution in [0.25, 0.3) is 0 Å². The van der Waals surface area contributed by atoms with Crippen molar-refractivity contribution in [2.75, 3.05) is 5.32 Å². The first-order chi connectivity index (χ1) is 9.33. The zero-order chi connectivity index (χ0) is 13.1. The second kappa shape index (κ2) is 5.26. The van der Waals surface area contributed by atoms with Gasteiger partial charge in [0, 0.05) is 12.0 Å². The quantitative estimate of drug-likeness (QED) is 0.913. The summed E-state index contributed by atoms with van der Waals surface area (Å²) >= 11 is 0. The fraction of sp³-hybridized carbons (Fsp3) is 0.333. The van der Waals surface area contributed by atoms with Gasteiger partial charge < -0.3 is 5.32 Å². The van der Waals surface area contributed by atoms with Crippen molar-refractivity contribution in [3.63, 3.8) is 0 Å². The molecule has 0 saturated heterocycles. The SMILES string of the molecule is O=C(Nc1ccnn1Cc1ccccc1)C1CCC1. The molecule has 4 heteroatoms. The number of nitrogens with one attached hydrogen (secondary N) is 1. The first kappa shape index (κ1) is 12.0. The number of aromatic nitrogens is 2. The van der Waals surface area contributed by atoms with Gasteiger partial charge in [-0.3, -0.25) is 4.79 Å². The molecule has 98 valence electrons. The standard InChI is InChI=1S/C15H17N3O/c19-15(13-7-4-8-13)17-14-9-10-16-18(14)11-12-5-2-1-3-6-12/h1-3,5-6,9-10,13H,4,7-8,11H2,(H,17,19). The van der Waals surface area contributed by atoms with E-state index in [1.807, 2.05) is 28.9 Å². The van der Waals surface area contributed by atoms with E-state index < -0.39 is 0 Å². The number of rotatable bonds is 4. The number of anilines is 1. The van der Waals surface area contributed by atoms with Crippen molar-refractivity contribution in [3.05, 3.63) is 48.2 Å². The second-order valence-corrected chi connectivity index (χ2v) is 4.98. The number of carbonyl (C=O) groups is 1. The number of benzene rings is 1. The Kier molecular flexibility index (Phi) is 3.31. The maximum absolute atomic E-state index is 11.9. The third-order valence-corrected chi connectivity index (χ3v) is 3.62. The Bertz CT molecular complexity index is 558. The lowest BCUT2D eigenvalue weighted by Gasteiger charge is -2.24. The van der Waals surface area contributed by atoms with Crippen LogP contribution in [0.15, 0.2) is 42.6 Å². The minimum atomic E-state index is 0.126. The van der Waals surface area contributed by atoms with Gasteiger partial charge in [0.15, 0.2) is 0 Å². The topological polar surface area (TPSA) is 46.9 Å². The second-order valence-electron chi connectivity index (χ2n) is 4.98. The number of nitrogens with zero attached hydrogens (tertiary/aromatic N) is 2. The van der Waals surface area contributed by atoms with Crippen LogP contribution in [0.3, 0.4) is 0 Å². The van der Waals surface area contributed by atoms with Crippen molar-refractivity contribution < 1.29 is 4.79 Å². The molecule has 1 saturated carbocycles. The fourth-order valence-corrected chi connectivity index (χ4v) is 2.22. The van der Waals surface area contributed by atoms with Gasteiger partial charge in [-0.15, -0.1) is 0 Å². The van der Waals surface area contributed by atoms with Gasteiger partial charge in [-0.25, -0.2) is 4.68 Å². The van der Waals surface area contributed by atoms with E-state index in [-0.39, 0.29) is 11.8 Å².